The van der Waals surface area contributed by atoms with Crippen LogP contribution in [-0.2, 0) is 19.6 Å². The second-order valence-electron chi connectivity index (χ2n) is 6.18. The minimum Gasteiger partial charge on any atom is -0.378 e. The Balaban J connectivity index is 1.61. The van der Waals surface area contributed by atoms with Crippen LogP contribution in [0, 0.1) is 13.8 Å². The minimum absolute atomic E-state index is 0.0374. The number of amides is 1. The van der Waals surface area contributed by atoms with Gasteiger partial charge in [0.1, 0.15) is 10.6 Å². The number of benzene rings is 1. The number of morpholine rings is 1. The van der Waals surface area contributed by atoms with Crippen molar-refractivity contribution in [3.8, 4) is 0 Å². The number of hydrogen-bond acceptors (Lipinski definition) is 7. The van der Waals surface area contributed by atoms with Gasteiger partial charge in [-0.3, -0.25) is 4.79 Å². The van der Waals surface area contributed by atoms with Gasteiger partial charge in [-0.2, -0.15) is 0 Å². The molecule has 0 saturated carbocycles. The van der Waals surface area contributed by atoms with E-state index in [9.17, 15) is 13.2 Å². The summed E-state index contributed by atoms with van der Waals surface area (Å²) >= 11 is 0. The normalized spacial score (nSPS) is 15.0. The van der Waals surface area contributed by atoms with Gasteiger partial charge in [-0.1, -0.05) is 11.2 Å². The SMILES string of the molecule is Cc1noc(C)c1S(=O)(=O)NCC(=O)Nc1cccc(N2CCOCC2)c1. The topological polar surface area (TPSA) is 114 Å². The van der Waals surface area contributed by atoms with Crippen LogP contribution in [0.15, 0.2) is 33.7 Å². The lowest BCUT2D eigenvalue weighted by atomic mass is 10.2. The first-order chi connectivity index (χ1) is 12.9. The van der Waals surface area contributed by atoms with Crippen LogP contribution in [0.2, 0.25) is 0 Å². The Kier molecular flexibility index (Phi) is 5.78. The standard InChI is InChI=1S/C17H22N4O5S/c1-12-17(13(2)26-20-12)27(23,24)18-11-16(22)19-14-4-3-5-15(10-14)21-6-8-25-9-7-21/h3-5,10,18H,6-9,11H2,1-2H3,(H,19,22). The molecule has 1 saturated heterocycles. The van der Waals surface area contributed by atoms with E-state index < -0.39 is 22.5 Å². The van der Waals surface area contributed by atoms with Crippen molar-refractivity contribution < 1.29 is 22.5 Å². The molecule has 2 N–H and O–H groups in total. The molecule has 1 aromatic heterocycles. The molecule has 1 aliphatic heterocycles. The highest BCUT2D eigenvalue weighted by molar-refractivity contribution is 7.89. The number of hydrogen-bond donors (Lipinski definition) is 2. The Hall–Kier alpha value is -2.43. The molecule has 2 heterocycles. The summed E-state index contributed by atoms with van der Waals surface area (Å²) in [7, 11) is -3.88. The summed E-state index contributed by atoms with van der Waals surface area (Å²) in [6.45, 7) is 5.55. The molecule has 27 heavy (non-hydrogen) atoms. The van der Waals surface area contributed by atoms with Gasteiger partial charge in [0.05, 0.1) is 19.8 Å². The monoisotopic (exact) mass is 394 g/mol. The third-order valence-corrected chi connectivity index (χ3v) is 5.81. The Bertz CT molecular complexity index is 900. The number of sulfonamides is 1. The van der Waals surface area contributed by atoms with Crippen LogP contribution in [0.3, 0.4) is 0 Å². The van der Waals surface area contributed by atoms with E-state index >= 15 is 0 Å². The van der Waals surface area contributed by atoms with E-state index in [0.717, 1.165) is 18.8 Å². The van der Waals surface area contributed by atoms with Gasteiger partial charge in [0, 0.05) is 24.5 Å². The molecule has 1 aliphatic rings. The number of anilines is 2. The summed E-state index contributed by atoms with van der Waals surface area (Å²) in [6.07, 6.45) is 0. The molecular formula is C17H22N4O5S. The molecule has 3 rings (SSSR count). The second-order valence-corrected chi connectivity index (χ2v) is 7.88. The number of nitrogens with zero attached hydrogens (tertiary/aromatic N) is 2. The highest BCUT2D eigenvalue weighted by Crippen LogP contribution is 2.21. The number of aryl methyl sites for hydroxylation is 2. The Labute approximate surface area is 157 Å². The zero-order valence-electron chi connectivity index (χ0n) is 15.2. The summed E-state index contributed by atoms with van der Waals surface area (Å²) in [5.41, 5.74) is 1.83. The maximum absolute atomic E-state index is 12.3. The Morgan fingerprint density at radius 2 is 2.00 bits per heavy atom. The quantitative estimate of drug-likeness (QED) is 0.753. The van der Waals surface area contributed by atoms with Crippen LogP contribution in [0.25, 0.3) is 0 Å². The fraction of sp³-hybridized carbons (Fsp3) is 0.412. The van der Waals surface area contributed by atoms with E-state index in [4.69, 9.17) is 9.26 Å². The summed E-state index contributed by atoms with van der Waals surface area (Å²) in [5, 5.41) is 6.33. The first-order valence-electron chi connectivity index (χ1n) is 8.52. The number of carbonyl (C=O) groups excluding carboxylic acids is 1. The van der Waals surface area contributed by atoms with Crippen molar-refractivity contribution in [2.75, 3.05) is 43.1 Å². The number of carbonyl (C=O) groups is 1. The van der Waals surface area contributed by atoms with Crippen molar-refractivity contribution in [1.29, 1.82) is 0 Å². The van der Waals surface area contributed by atoms with Crippen molar-refractivity contribution in [3.63, 3.8) is 0 Å². The van der Waals surface area contributed by atoms with Gasteiger partial charge in [-0.25, -0.2) is 13.1 Å². The first kappa shape index (κ1) is 19.3. The lowest BCUT2D eigenvalue weighted by Crippen LogP contribution is -2.36. The van der Waals surface area contributed by atoms with Crippen LogP contribution >= 0.6 is 0 Å². The third-order valence-electron chi connectivity index (χ3n) is 4.17. The number of aromatic nitrogens is 1. The fourth-order valence-electron chi connectivity index (χ4n) is 2.90. The summed E-state index contributed by atoms with van der Waals surface area (Å²) in [6, 6.07) is 7.41. The molecule has 0 atom stereocenters. The fourth-order valence-corrected chi connectivity index (χ4v) is 4.21. The van der Waals surface area contributed by atoms with Crippen molar-refractivity contribution in [3.05, 3.63) is 35.7 Å². The molecule has 146 valence electrons. The first-order valence-corrected chi connectivity index (χ1v) is 10.0. The molecule has 1 fully saturated rings. The second kappa shape index (κ2) is 8.07. The molecule has 0 unspecified atom stereocenters. The maximum atomic E-state index is 12.3. The van der Waals surface area contributed by atoms with Gasteiger partial charge in [-0.15, -0.1) is 0 Å². The largest absolute Gasteiger partial charge is 0.378 e. The summed E-state index contributed by atoms with van der Waals surface area (Å²) in [4.78, 5) is 14.3. The molecule has 0 spiro atoms. The van der Waals surface area contributed by atoms with Gasteiger partial charge in [0.25, 0.3) is 0 Å². The molecular weight excluding hydrogens is 372 g/mol. The van der Waals surface area contributed by atoms with Gasteiger partial charge >= 0.3 is 0 Å². The van der Waals surface area contributed by atoms with E-state index in [1.54, 1.807) is 6.07 Å². The van der Waals surface area contributed by atoms with Crippen molar-refractivity contribution in [1.82, 2.24) is 9.88 Å². The van der Waals surface area contributed by atoms with E-state index in [0.29, 0.717) is 18.9 Å². The van der Waals surface area contributed by atoms with E-state index in [1.807, 2.05) is 18.2 Å². The van der Waals surface area contributed by atoms with Crippen molar-refractivity contribution >= 4 is 27.3 Å². The van der Waals surface area contributed by atoms with E-state index in [1.165, 1.54) is 13.8 Å². The van der Waals surface area contributed by atoms with Crippen molar-refractivity contribution in [2.45, 2.75) is 18.7 Å². The van der Waals surface area contributed by atoms with Crippen LogP contribution in [0.1, 0.15) is 11.5 Å². The number of ether oxygens (including phenoxy) is 1. The maximum Gasteiger partial charge on any atom is 0.246 e. The highest BCUT2D eigenvalue weighted by Gasteiger charge is 2.24. The number of rotatable bonds is 6. The lowest BCUT2D eigenvalue weighted by molar-refractivity contribution is -0.115. The summed E-state index contributed by atoms with van der Waals surface area (Å²) < 4.78 is 37.2. The van der Waals surface area contributed by atoms with Crippen LogP contribution in [0.5, 0.6) is 0 Å². The van der Waals surface area contributed by atoms with Crippen molar-refractivity contribution in [2.24, 2.45) is 0 Å². The smallest absolute Gasteiger partial charge is 0.246 e. The average Bonchev–Trinajstić information content (AvgIpc) is 3.00. The molecule has 1 aromatic carbocycles. The molecule has 0 aliphatic carbocycles. The van der Waals surface area contributed by atoms with Gasteiger partial charge in [0.15, 0.2) is 5.76 Å². The molecule has 0 radical (unpaired) electrons. The Morgan fingerprint density at radius 1 is 1.26 bits per heavy atom. The molecule has 1 amide bonds. The van der Waals surface area contributed by atoms with Gasteiger partial charge < -0.3 is 19.5 Å². The average molecular weight is 394 g/mol. The zero-order valence-corrected chi connectivity index (χ0v) is 16.0. The van der Waals surface area contributed by atoms with E-state index in [-0.39, 0.29) is 16.3 Å². The van der Waals surface area contributed by atoms with Crippen LogP contribution in [0.4, 0.5) is 11.4 Å². The predicted octanol–water partition coefficient (Wildman–Crippen LogP) is 1.05. The minimum atomic E-state index is -3.88. The third kappa shape index (κ3) is 4.65. The molecule has 0 bridgehead atoms. The molecule has 2 aromatic rings. The molecule has 9 nitrogen and oxygen atoms in total. The van der Waals surface area contributed by atoms with Crippen LogP contribution in [-0.4, -0.2) is 52.3 Å². The van der Waals surface area contributed by atoms with Gasteiger partial charge in [0.2, 0.25) is 15.9 Å². The highest BCUT2D eigenvalue weighted by atomic mass is 32.2. The van der Waals surface area contributed by atoms with Gasteiger partial charge in [-0.05, 0) is 32.0 Å². The summed E-state index contributed by atoms with van der Waals surface area (Å²) in [5.74, 6) is -0.289. The van der Waals surface area contributed by atoms with Crippen LogP contribution < -0.4 is 14.9 Å². The zero-order chi connectivity index (χ0) is 19.4. The molecule has 10 heteroatoms. The Morgan fingerprint density at radius 3 is 2.67 bits per heavy atom. The van der Waals surface area contributed by atoms with E-state index in [2.05, 4.69) is 20.1 Å². The lowest BCUT2D eigenvalue weighted by Gasteiger charge is -2.29. The predicted molar refractivity (Wildman–Crippen MR) is 99.3 cm³/mol. The number of nitrogens with one attached hydrogen (secondary N) is 2.